The van der Waals surface area contributed by atoms with Crippen molar-refractivity contribution in [3.05, 3.63) is 212 Å². The standard InChI is InChI=1S/C61H37BN2O2S/c1-36-30-47-46-31-39(37-14-4-2-5-15-37)25-29-52(46)64(60(47)61-58(36)45-20-10-13-23-57(45)67-61)41-26-28-49-54(33-41)66-56-35-42(63-50-21-11-8-18-43(50)44-19-9-12-22-51(44)63)34-55-59(56)62(49)48-27-24-40(32-53(48)65-55)38-16-6-3-7-17-38/h2-35H,1H3. The molecule has 2 aliphatic rings. The van der Waals surface area contributed by atoms with E-state index in [-0.39, 0.29) is 6.71 Å². The van der Waals surface area contributed by atoms with Crippen LogP contribution in [-0.2, 0) is 0 Å². The van der Waals surface area contributed by atoms with Gasteiger partial charge in [0.2, 0.25) is 0 Å². The van der Waals surface area contributed by atoms with E-state index < -0.39 is 0 Å². The number of hydrogen-bond donors (Lipinski definition) is 0. The molecule has 0 fully saturated rings. The van der Waals surface area contributed by atoms with E-state index in [2.05, 4.69) is 222 Å². The predicted molar refractivity (Wildman–Crippen MR) is 281 cm³/mol. The summed E-state index contributed by atoms with van der Waals surface area (Å²) in [5, 5.41) is 7.53. The minimum atomic E-state index is -0.105. The molecule has 0 amide bonds. The molecule has 0 spiro atoms. The van der Waals surface area contributed by atoms with Crippen molar-refractivity contribution in [1.29, 1.82) is 0 Å². The fourth-order valence-corrected chi connectivity index (χ4v) is 12.7. The summed E-state index contributed by atoms with van der Waals surface area (Å²) in [6.07, 6.45) is 0. The highest BCUT2D eigenvalue weighted by molar-refractivity contribution is 7.26. The van der Waals surface area contributed by atoms with Gasteiger partial charge >= 0.3 is 0 Å². The van der Waals surface area contributed by atoms with Gasteiger partial charge in [-0.3, -0.25) is 0 Å². The minimum absolute atomic E-state index is 0.105. The molecule has 5 heterocycles. The van der Waals surface area contributed by atoms with Crippen LogP contribution >= 0.6 is 11.3 Å². The van der Waals surface area contributed by atoms with Crippen LogP contribution in [0.1, 0.15) is 5.56 Å². The Balaban J connectivity index is 0.983. The monoisotopic (exact) mass is 872 g/mol. The molecule has 3 aromatic heterocycles. The summed E-state index contributed by atoms with van der Waals surface area (Å²) >= 11 is 1.89. The normalized spacial score (nSPS) is 12.8. The Morgan fingerprint density at radius 2 is 0.955 bits per heavy atom. The van der Waals surface area contributed by atoms with E-state index in [1.54, 1.807) is 0 Å². The summed E-state index contributed by atoms with van der Waals surface area (Å²) in [6, 6.07) is 74.8. The van der Waals surface area contributed by atoms with Gasteiger partial charge in [-0.05, 0) is 94.2 Å². The second-order valence-corrected chi connectivity index (χ2v) is 19.1. The fourth-order valence-electron chi connectivity index (χ4n) is 11.4. The van der Waals surface area contributed by atoms with Crippen molar-refractivity contribution in [2.24, 2.45) is 0 Å². The van der Waals surface area contributed by atoms with E-state index in [1.807, 2.05) is 11.3 Å². The highest BCUT2D eigenvalue weighted by atomic mass is 32.1. The molecule has 0 saturated carbocycles. The third kappa shape index (κ3) is 5.30. The molecule has 0 N–H and O–H groups in total. The second kappa shape index (κ2) is 13.8. The third-order valence-electron chi connectivity index (χ3n) is 14.3. The van der Waals surface area contributed by atoms with Crippen LogP contribution in [0.2, 0.25) is 0 Å². The molecule has 0 aliphatic carbocycles. The van der Waals surface area contributed by atoms with Crippen molar-refractivity contribution in [2.75, 3.05) is 0 Å². The van der Waals surface area contributed by atoms with Crippen LogP contribution in [0.4, 0.5) is 0 Å². The van der Waals surface area contributed by atoms with Crippen molar-refractivity contribution in [1.82, 2.24) is 9.13 Å². The van der Waals surface area contributed by atoms with Crippen LogP contribution in [0.5, 0.6) is 23.0 Å². The topological polar surface area (TPSA) is 28.3 Å². The van der Waals surface area contributed by atoms with Crippen LogP contribution in [0.15, 0.2) is 206 Å². The van der Waals surface area contributed by atoms with Crippen LogP contribution in [0.25, 0.3) is 97.4 Å². The maximum Gasteiger partial charge on any atom is 0.260 e. The van der Waals surface area contributed by atoms with E-state index in [1.165, 1.54) is 63.9 Å². The maximum absolute atomic E-state index is 7.29. The van der Waals surface area contributed by atoms with Gasteiger partial charge in [0, 0.05) is 66.4 Å². The third-order valence-corrected chi connectivity index (χ3v) is 15.5. The van der Waals surface area contributed by atoms with Crippen molar-refractivity contribution in [2.45, 2.75) is 6.92 Å². The summed E-state index contributed by atoms with van der Waals surface area (Å²) in [4.78, 5) is 0. The summed E-state index contributed by atoms with van der Waals surface area (Å²) in [6.45, 7) is 2.17. The lowest BCUT2D eigenvalue weighted by atomic mass is 9.35. The molecule has 0 unspecified atom stereocenters. The van der Waals surface area contributed by atoms with E-state index >= 15 is 0 Å². The number of nitrogens with zero attached hydrogens (tertiary/aromatic N) is 2. The van der Waals surface area contributed by atoms with E-state index in [0.717, 1.165) is 78.4 Å². The smallest absolute Gasteiger partial charge is 0.260 e. The highest BCUT2D eigenvalue weighted by Gasteiger charge is 2.41. The van der Waals surface area contributed by atoms with Gasteiger partial charge in [-0.15, -0.1) is 11.3 Å². The van der Waals surface area contributed by atoms with Crippen LogP contribution in [-0.4, -0.2) is 15.8 Å². The molecule has 0 atom stereocenters. The Kier molecular flexibility index (Phi) is 7.64. The van der Waals surface area contributed by atoms with Crippen molar-refractivity contribution in [3.63, 3.8) is 0 Å². The molecule has 10 aromatic carbocycles. The Morgan fingerprint density at radius 3 is 1.66 bits per heavy atom. The molecule has 67 heavy (non-hydrogen) atoms. The van der Waals surface area contributed by atoms with Gasteiger partial charge in [0.15, 0.2) is 0 Å². The van der Waals surface area contributed by atoms with Crippen molar-refractivity contribution >= 4 is 98.2 Å². The number of ether oxygens (including phenoxy) is 2. The molecule has 13 aromatic rings. The predicted octanol–water partition coefficient (Wildman–Crippen LogP) is 14.6. The number of hydrogen-bond acceptors (Lipinski definition) is 3. The molecule has 2 aliphatic heterocycles. The fraction of sp³-hybridized carbons (Fsp3) is 0.0164. The van der Waals surface area contributed by atoms with Gasteiger partial charge in [-0.25, -0.2) is 0 Å². The quantitative estimate of drug-likeness (QED) is 0.165. The molecule has 312 valence electrons. The van der Waals surface area contributed by atoms with Gasteiger partial charge in [0.25, 0.3) is 6.71 Å². The zero-order valence-electron chi connectivity index (χ0n) is 36.3. The lowest BCUT2D eigenvalue weighted by Crippen LogP contribution is -2.57. The average molecular weight is 873 g/mol. The van der Waals surface area contributed by atoms with Gasteiger partial charge < -0.3 is 18.6 Å². The molecule has 4 nitrogen and oxygen atoms in total. The van der Waals surface area contributed by atoms with E-state index in [9.17, 15) is 0 Å². The number of aromatic nitrogens is 2. The zero-order valence-corrected chi connectivity index (χ0v) is 37.1. The zero-order chi connectivity index (χ0) is 43.9. The van der Waals surface area contributed by atoms with Crippen LogP contribution in [0, 0.1) is 6.92 Å². The van der Waals surface area contributed by atoms with Gasteiger partial charge in [-0.2, -0.15) is 0 Å². The number of benzene rings is 10. The van der Waals surface area contributed by atoms with E-state index in [4.69, 9.17) is 9.47 Å². The minimum Gasteiger partial charge on any atom is -0.458 e. The van der Waals surface area contributed by atoms with Crippen LogP contribution < -0.4 is 25.9 Å². The summed E-state index contributed by atoms with van der Waals surface area (Å²) in [5.74, 6) is 3.32. The molecular weight excluding hydrogens is 836 g/mol. The lowest BCUT2D eigenvalue weighted by Gasteiger charge is -2.34. The van der Waals surface area contributed by atoms with Crippen LogP contribution in [0.3, 0.4) is 0 Å². The summed E-state index contributed by atoms with van der Waals surface area (Å²) < 4.78 is 21.8. The lowest BCUT2D eigenvalue weighted by molar-refractivity contribution is 0.464. The molecule has 0 saturated heterocycles. The SMILES string of the molecule is Cc1cc2c3cc(-c4ccccc4)ccc3n(-c3ccc4c(c3)Oc3cc(-n5c6ccccc6c6ccccc65)cc5c3B4c3ccc(-c4ccccc4)cc3O5)c2c2sc3ccccc3c12. The first-order valence-electron chi connectivity index (χ1n) is 22.9. The van der Waals surface area contributed by atoms with E-state index in [0.29, 0.717) is 0 Å². The highest BCUT2D eigenvalue weighted by Crippen LogP contribution is 2.47. The molecule has 15 rings (SSSR count). The van der Waals surface area contributed by atoms with Crippen molar-refractivity contribution < 1.29 is 9.47 Å². The molecule has 0 radical (unpaired) electrons. The molecule has 6 heteroatoms. The first-order valence-corrected chi connectivity index (χ1v) is 23.7. The Labute approximate surface area is 390 Å². The largest absolute Gasteiger partial charge is 0.458 e. The Morgan fingerprint density at radius 1 is 0.403 bits per heavy atom. The van der Waals surface area contributed by atoms with Gasteiger partial charge in [0.1, 0.15) is 23.0 Å². The Hall–Kier alpha value is -8.32. The number of thiophene rings is 1. The Bertz CT molecular complexity index is 4190. The number of rotatable bonds is 4. The number of fused-ring (bicyclic) bond motifs is 14. The van der Waals surface area contributed by atoms with Gasteiger partial charge in [0.05, 0.1) is 32.5 Å². The maximum atomic E-state index is 7.29. The number of para-hydroxylation sites is 2. The summed E-state index contributed by atoms with van der Waals surface area (Å²) in [5.41, 5.74) is 16.0. The number of aryl methyl sites for hydroxylation is 1. The first kappa shape index (κ1) is 37.0. The first-order chi connectivity index (χ1) is 33.1. The second-order valence-electron chi connectivity index (χ2n) is 18.0. The van der Waals surface area contributed by atoms with Crippen molar-refractivity contribution in [3.8, 4) is 56.6 Å². The molecular formula is C61H37BN2O2S. The summed E-state index contributed by atoms with van der Waals surface area (Å²) in [7, 11) is 0. The van der Waals surface area contributed by atoms with Gasteiger partial charge in [-0.1, -0.05) is 140 Å². The average Bonchev–Trinajstić information content (AvgIpc) is 4.04. The molecule has 0 bridgehead atoms.